The SMILES string of the molecule is COc1ccc(C(=O)NN[C@@H]2OC(=O)c3c2ccc(OC)c3OC)cc1. The molecule has 0 saturated heterocycles. The summed E-state index contributed by atoms with van der Waals surface area (Å²) in [7, 11) is 4.47. The molecule has 0 radical (unpaired) electrons. The van der Waals surface area contributed by atoms with Crippen LogP contribution in [0.1, 0.15) is 32.5 Å². The first kappa shape index (κ1) is 17.6. The number of amides is 1. The third kappa shape index (κ3) is 3.14. The highest BCUT2D eigenvalue weighted by Crippen LogP contribution is 2.40. The van der Waals surface area contributed by atoms with E-state index >= 15 is 0 Å². The van der Waals surface area contributed by atoms with Gasteiger partial charge in [0.2, 0.25) is 0 Å². The van der Waals surface area contributed by atoms with Gasteiger partial charge in [-0.05, 0) is 36.4 Å². The average molecular weight is 358 g/mol. The van der Waals surface area contributed by atoms with Crippen molar-refractivity contribution < 1.29 is 28.5 Å². The van der Waals surface area contributed by atoms with Gasteiger partial charge in [0.1, 0.15) is 11.3 Å². The molecule has 1 amide bonds. The van der Waals surface area contributed by atoms with Crippen LogP contribution in [0.5, 0.6) is 17.2 Å². The van der Waals surface area contributed by atoms with E-state index in [0.29, 0.717) is 28.4 Å². The largest absolute Gasteiger partial charge is 0.497 e. The molecule has 2 aromatic rings. The zero-order valence-electron chi connectivity index (χ0n) is 14.5. The van der Waals surface area contributed by atoms with Gasteiger partial charge in [0.05, 0.1) is 21.3 Å². The number of benzene rings is 2. The summed E-state index contributed by atoms with van der Waals surface area (Å²) >= 11 is 0. The molecule has 0 fully saturated rings. The van der Waals surface area contributed by atoms with Crippen LogP contribution in [0.15, 0.2) is 36.4 Å². The summed E-state index contributed by atoms with van der Waals surface area (Å²) in [4.78, 5) is 24.4. The quantitative estimate of drug-likeness (QED) is 0.601. The molecule has 26 heavy (non-hydrogen) atoms. The molecule has 0 aromatic heterocycles. The van der Waals surface area contributed by atoms with Gasteiger partial charge in [0, 0.05) is 11.1 Å². The molecule has 0 unspecified atom stereocenters. The number of fused-ring (bicyclic) bond motifs is 1. The Hall–Kier alpha value is -3.26. The fourth-order valence-electron chi connectivity index (χ4n) is 2.65. The van der Waals surface area contributed by atoms with Gasteiger partial charge in [-0.15, -0.1) is 0 Å². The minimum atomic E-state index is -0.834. The van der Waals surface area contributed by atoms with Crippen LogP contribution in [0.25, 0.3) is 0 Å². The Labute approximate surface area is 150 Å². The molecular weight excluding hydrogens is 340 g/mol. The number of hydrazine groups is 1. The molecule has 1 aliphatic heterocycles. The molecule has 0 saturated carbocycles. The van der Waals surface area contributed by atoms with Gasteiger partial charge in [0.25, 0.3) is 5.91 Å². The van der Waals surface area contributed by atoms with Crippen LogP contribution in [-0.2, 0) is 4.74 Å². The Morgan fingerprint density at radius 2 is 1.73 bits per heavy atom. The first-order chi connectivity index (χ1) is 12.6. The minimum absolute atomic E-state index is 0.267. The average Bonchev–Trinajstić information content (AvgIpc) is 3.01. The number of ether oxygens (including phenoxy) is 4. The normalized spacial score (nSPS) is 15.0. The zero-order valence-corrected chi connectivity index (χ0v) is 14.5. The van der Waals surface area contributed by atoms with Crippen molar-refractivity contribution in [2.75, 3.05) is 21.3 Å². The van der Waals surface area contributed by atoms with E-state index in [1.54, 1.807) is 43.5 Å². The highest BCUT2D eigenvalue weighted by atomic mass is 16.6. The molecule has 1 aliphatic rings. The van der Waals surface area contributed by atoms with Crippen molar-refractivity contribution in [3.8, 4) is 17.2 Å². The number of esters is 1. The summed E-state index contributed by atoms with van der Waals surface area (Å²) in [5, 5.41) is 0. The highest BCUT2D eigenvalue weighted by Gasteiger charge is 2.36. The van der Waals surface area contributed by atoms with Gasteiger partial charge in [-0.1, -0.05) is 0 Å². The lowest BCUT2D eigenvalue weighted by atomic mass is 10.1. The number of nitrogens with one attached hydrogen (secondary N) is 2. The van der Waals surface area contributed by atoms with Crippen LogP contribution in [0.2, 0.25) is 0 Å². The lowest BCUT2D eigenvalue weighted by Gasteiger charge is -2.15. The minimum Gasteiger partial charge on any atom is -0.497 e. The topological polar surface area (TPSA) is 95.1 Å². The van der Waals surface area contributed by atoms with Crippen molar-refractivity contribution in [2.45, 2.75) is 6.23 Å². The molecule has 2 N–H and O–H groups in total. The monoisotopic (exact) mass is 358 g/mol. The molecule has 8 nitrogen and oxygen atoms in total. The maximum absolute atomic E-state index is 12.2. The van der Waals surface area contributed by atoms with E-state index in [4.69, 9.17) is 18.9 Å². The molecule has 1 atom stereocenters. The van der Waals surface area contributed by atoms with E-state index in [1.165, 1.54) is 14.2 Å². The molecule has 0 bridgehead atoms. The van der Waals surface area contributed by atoms with E-state index in [9.17, 15) is 9.59 Å². The fourth-order valence-corrected chi connectivity index (χ4v) is 2.65. The lowest BCUT2D eigenvalue weighted by molar-refractivity contribution is 0.0260. The molecule has 2 aromatic carbocycles. The second kappa shape index (κ2) is 7.32. The third-order valence-electron chi connectivity index (χ3n) is 3.96. The molecular formula is C18H18N2O6. The summed E-state index contributed by atoms with van der Waals surface area (Å²) < 4.78 is 20.8. The number of rotatable bonds is 6. The van der Waals surface area contributed by atoms with Gasteiger partial charge in [-0.3, -0.25) is 10.2 Å². The smallest absolute Gasteiger partial charge is 0.344 e. The van der Waals surface area contributed by atoms with Crippen LogP contribution >= 0.6 is 0 Å². The summed E-state index contributed by atoms with van der Waals surface area (Å²) in [6.45, 7) is 0. The Balaban J connectivity index is 1.74. The second-order valence-electron chi connectivity index (χ2n) is 5.38. The van der Waals surface area contributed by atoms with Crippen molar-refractivity contribution in [1.82, 2.24) is 10.9 Å². The molecule has 1 heterocycles. The standard InChI is InChI=1S/C18H18N2O6/c1-23-11-6-4-10(5-7-11)16(21)19-20-17-12-8-9-13(24-2)15(25-3)14(12)18(22)26-17/h4-9,17,20H,1-3H3,(H,19,21)/t17-/m1/s1. The number of hydrogen-bond acceptors (Lipinski definition) is 7. The molecule has 0 spiro atoms. The second-order valence-corrected chi connectivity index (χ2v) is 5.38. The van der Waals surface area contributed by atoms with Gasteiger partial charge < -0.3 is 18.9 Å². The van der Waals surface area contributed by atoms with Crippen molar-refractivity contribution in [1.29, 1.82) is 0 Å². The summed E-state index contributed by atoms with van der Waals surface area (Å²) in [5.41, 5.74) is 6.48. The van der Waals surface area contributed by atoms with E-state index in [1.807, 2.05) is 0 Å². The Bertz CT molecular complexity index is 834. The maximum Gasteiger partial charge on any atom is 0.344 e. The molecule has 3 rings (SSSR count). The van der Waals surface area contributed by atoms with Gasteiger partial charge >= 0.3 is 5.97 Å². The number of carbonyl (C=O) groups is 2. The van der Waals surface area contributed by atoms with E-state index < -0.39 is 12.2 Å². The van der Waals surface area contributed by atoms with Crippen LogP contribution in [0.3, 0.4) is 0 Å². The van der Waals surface area contributed by atoms with Crippen molar-refractivity contribution in [3.05, 3.63) is 53.1 Å². The lowest BCUT2D eigenvalue weighted by Crippen LogP contribution is -2.40. The van der Waals surface area contributed by atoms with Crippen LogP contribution in [0, 0.1) is 0 Å². The third-order valence-corrected chi connectivity index (χ3v) is 3.96. The van der Waals surface area contributed by atoms with Crippen molar-refractivity contribution >= 4 is 11.9 Å². The van der Waals surface area contributed by atoms with Crippen LogP contribution in [0.4, 0.5) is 0 Å². The highest BCUT2D eigenvalue weighted by molar-refractivity contribution is 5.98. The van der Waals surface area contributed by atoms with E-state index in [2.05, 4.69) is 10.9 Å². The predicted molar refractivity (Wildman–Crippen MR) is 91.3 cm³/mol. The Kier molecular flexibility index (Phi) is 4.94. The molecule has 8 heteroatoms. The van der Waals surface area contributed by atoms with Gasteiger partial charge in [-0.25, -0.2) is 4.79 Å². The predicted octanol–water partition coefficient (Wildman–Crippen LogP) is 1.82. The number of hydrogen-bond donors (Lipinski definition) is 2. The molecule has 136 valence electrons. The van der Waals surface area contributed by atoms with Crippen LogP contribution < -0.4 is 25.1 Å². The maximum atomic E-state index is 12.2. The fraction of sp³-hybridized carbons (Fsp3) is 0.222. The first-order valence-electron chi connectivity index (χ1n) is 7.74. The Morgan fingerprint density at radius 1 is 1.00 bits per heavy atom. The summed E-state index contributed by atoms with van der Waals surface area (Å²) in [5.74, 6) is 0.422. The summed E-state index contributed by atoms with van der Waals surface area (Å²) in [6.07, 6.45) is -0.834. The first-order valence-corrected chi connectivity index (χ1v) is 7.74. The van der Waals surface area contributed by atoms with Crippen molar-refractivity contribution in [2.24, 2.45) is 0 Å². The van der Waals surface area contributed by atoms with Crippen LogP contribution in [-0.4, -0.2) is 33.2 Å². The molecule has 0 aliphatic carbocycles. The van der Waals surface area contributed by atoms with E-state index in [-0.39, 0.29) is 11.5 Å². The Morgan fingerprint density at radius 3 is 2.35 bits per heavy atom. The van der Waals surface area contributed by atoms with E-state index in [0.717, 1.165) is 0 Å². The zero-order chi connectivity index (χ0) is 18.7. The van der Waals surface area contributed by atoms with Gasteiger partial charge in [-0.2, -0.15) is 5.43 Å². The number of carbonyl (C=O) groups excluding carboxylic acids is 2. The number of methoxy groups -OCH3 is 3. The van der Waals surface area contributed by atoms with Gasteiger partial charge in [0.15, 0.2) is 17.7 Å². The number of cyclic esters (lactones) is 1. The van der Waals surface area contributed by atoms with Crippen molar-refractivity contribution in [3.63, 3.8) is 0 Å². The summed E-state index contributed by atoms with van der Waals surface area (Å²) in [6, 6.07) is 9.95.